The molecule has 38 heavy (non-hydrogen) atoms. The molecule has 1 unspecified atom stereocenters. The van der Waals surface area contributed by atoms with Crippen LogP contribution in [-0.4, -0.2) is 11.0 Å². The molecule has 3 rings (SSSR count). The Morgan fingerprint density at radius 2 is 1.58 bits per heavy atom. The first kappa shape index (κ1) is 29.9. The number of rotatable bonds is 15. The minimum Gasteiger partial charge on any atom is -0.425 e. The summed E-state index contributed by atoms with van der Waals surface area (Å²) < 4.78 is 5.48. The van der Waals surface area contributed by atoms with Gasteiger partial charge in [-0.1, -0.05) is 97.0 Å². The van der Waals surface area contributed by atoms with E-state index < -0.39 is 11.4 Å². The fourth-order valence-corrected chi connectivity index (χ4v) is 5.75. The molecule has 4 nitrogen and oxygen atoms in total. The van der Waals surface area contributed by atoms with E-state index in [2.05, 4.69) is 25.1 Å². The number of carbonyl (C=O) groups is 1. The highest BCUT2D eigenvalue weighted by molar-refractivity contribution is 5.81. The van der Waals surface area contributed by atoms with E-state index in [1.54, 1.807) is 19.1 Å². The van der Waals surface area contributed by atoms with Crippen LogP contribution in [0.25, 0.3) is 11.3 Å². The number of unbranched alkanes of at least 4 members (excludes halogenated alkanes) is 5. The maximum Gasteiger partial charge on any atom is 0.331 e. The van der Waals surface area contributed by atoms with E-state index in [1.807, 2.05) is 25.3 Å². The Balaban J connectivity index is 1.39. The van der Waals surface area contributed by atoms with Crippen LogP contribution in [0.5, 0.6) is 5.75 Å². The van der Waals surface area contributed by atoms with E-state index in [0.717, 1.165) is 35.9 Å². The van der Waals surface area contributed by atoms with E-state index in [0.29, 0.717) is 12.2 Å². The summed E-state index contributed by atoms with van der Waals surface area (Å²) in [4.78, 5) is 17.2. The van der Waals surface area contributed by atoms with Gasteiger partial charge in [-0.25, -0.2) is 4.79 Å². The van der Waals surface area contributed by atoms with Gasteiger partial charge >= 0.3 is 5.97 Å². The minimum atomic E-state index is -1.11. The lowest BCUT2D eigenvalue weighted by molar-refractivity contribution is -0.142. The van der Waals surface area contributed by atoms with Crippen LogP contribution < -0.4 is 4.74 Å². The number of nitrogens with zero attached hydrogens (tertiary/aromatic N) is 2. The number of carbonyl (C=O) groups excluding carboxylic acids is 1. The fourth-order valence-electron chi connectivity index (χ4n) is 5.75. The zero-order chi connectivity index (χ0) is 27.2. The molecule has 1 fully saturated rings. The normalized spacial score (nSPS) is 18.9. The van der Waals surface area contributed by atoms with Gasteiger partial charge in [-0.2, -0.15) is 5.26 Å². The van der Waals surface area contributed by atoms with Gasteiger partial charge in [0.15, 0.2) is 5.41 Å². The molecule has 1 saturated carbocycles. The third-order valence-electron chi connectivity index (χ3n) is 8.41. The van der Waals surface area contributed by atoms with Gasteiger partial charge in [0.1, 0.15) is 5.75 Å². The quantitative estimate of drug-likeness (QED) is 0.134. The molecule has 2 aromatic rings. The fraction of sp³-hybridized carbons (Fsp3) is 0.618. The summed E-state index contributed by atoms with van der Waals surface area (Å²) >= 11 is 0. The molecule has 206 valence electrons. The summed E-state index contributed by atoms with van der Waals surface area (Å²) in [6, 6.07) is 13.8. The van der Waals surface area contributed by atoms with Gasteiger partial charge in [0.25, 0.3) is 0 Å². The molecular weight excluding hydrogens is 468 g/mol. The summed E-state index contributed by atoms with van der Waals surface area (Å²) in [6.45, 7) is 5.88. The molecular formula is C34H48N2O2. The van der Waals surface area contributed by atoms with Gasteiger partial charge in [0, 0.05) is 11.8 Å². The molecule has 1 aromatic carbocycles. The number of ether oxygens (including phenoxy) is 1. The molecule has 0 N–H and O–H groups in total. The summed E-state index contributed by atoms with van der Waals surface area (Å²) in [5.74, 6) is 1.80. The molecule has 0 amide bonds. The number of nitriles is 1. The Morgan fingerprint density at radius 1 is 0.921 bits per heavy atom. The van der Waals surface area contributed by atoms with Crippen LogP contribution in [0.1, 0.15) is 116 Å². The topological polar surface area (TPSA) is 63.0 Å². The van der Waals surface area contributed by atoms with Crippen molar-refractivity contribution in [3.63, 3.8) is 0 Å². The van der Waals surface area contributed by atoms with Gasteiger partial charge in [0.05, 0.1) is 11.8 Å². The van der Waals surface area contributed by atoms with Crippen molar-refractivity contribution in [2.45, 2.75) is 117 Å². The third-order valence-corrected chi connectivity index (χ3v) is 8.41. The standard InChI is InChI=1S/C34H48N2O2/c1-4-6-7-8-9-10-11-27-12-14-28(15-13-27)16-17-29-18-23-32(36-25-29)30-19-21-31(22-20-30)38-33(37)34(3,26-35)24-5-2/h18-23,25,27-28H,4-17,24H2,1-3H3. The molecule has 0 spiro atoms. The van der Waals surface area contributed by atoms with E-state index in [1.165, 1.54) is 82.6 Å². The van der Waals surface area contributed by atoms with Crippen LogP contribution in [-0.2, 0) is 11.2 Å². The lowest BCUT2D eigenvalue weighted by atomic mass is 9.78. The zero-order valence-corrected chi connectivity index (χ0v) is 24.0. The molecule has 1 atom stereocenters. The van der Waals surface area contributed by atoms with E-state index >= 15 is 0 Å². The van der Waals surface area contributed by atoms with Crippen LogP contribution in [0, 0.1) is 28.6 Å². The molecule has 0 bridgehead atoms. The lowest BCUT2D eigenvalue weighted by Crippen LogP contribution is -2.30. The number of aryl methyl sites for hydroxylation is 1. The number of hydrogen-bond acceptors (Lipinski definition) is 4. The Bertz CT molecular complexity index is 1000. The van der Waals surface area contributed by atoms with E-state index in [-0.39, 0.29) is 0 Å². The van der Waals surface area contributed by atoms with Crippen molar-refractivity contribution in [3.8, 4) is 23.1 Å². The molecule has 0 radical (unpaired) electrons. The van der Waals surface area contributed by atoms with E-state index in [9.17, 15) is 10.1 Å². The number of benzene rings is 1. The number of aromatic nitrogens is 1. The SMILES string of the molecule is CCCCCCCCC1CCC(CCc2ccc(-c3ccc(OC(=O)C(C)(C#N)CCC)cc3)nc2)CC1. The summed E-state index contributed by atoms with van der Waals surface area (Å²) in [6.07, 6.45) is 21.2. The number of pyridine rings is 1. The first-order valence-corrected chi connectivity index (χ1v) is 15.2. The second-order valence-corrected chi connectivity index (χ2v) is 11.6. The highest BCUT2D eigenvalue weighted by atomic mass is 16.5. The predicted molar refractivity (Wildman–Crippen MR) is 156 cm³/mol. The Kier molecular flexibility index (Phi) is 12.3. The molecule has 1 heterocycles. The highest BCUT2D eigenvalue weighted by Gasteiger charge is 2.34. The van der Waals surface area contributed by atoms with Crippen molar-refractivity contribution in [2.75, 3.05) is 0 Å². The van der Waals surface area contributed by atoms with Crippen LogP contribution in [0.15, 0.2) is 42.6 Å². The minimum absolute atomic E-state index is 0.453. The van der Waals surface area contributed by atoms with Gasteiger partial charge in [0.2, 0.25) is 0 Å². The van der Waals surface area contributed by atoms with Gasteiger partial charge < -0.3 is 4.74 Å². The van der Waals surface area contributed by atoms with E-state index in [4.69, 9.17) is 9.72 Å². The molecule has 0 aliphatic heterocycles. The average molecular weight is 517 g/mol. The van der Waals surface area contributed by atoms with Crippen molar-refractivity contribution in [2.24, 2.45) is 17.3 Å². The summed E-state index contributed by atoms with van der Waals surface area (Å²) in [7, 11) is 0. The smallest absolute Gasteiger partial charge is 0.331 e. The number of hydrogen-bond donors (Lipinski definition) is 0. The average Bonchev–Trinajstić information content (AvgIpc) is 2.95. The van der Waals surface area contributed by atoms with Crippen molar-refractivity contribution >= 4 is 5.97 Å². The number of esters is 1. The highest BCUT2D eigenvalue weighted by Crippen LogP contribution is 2.34. The van der Waals surface area contributed by atoms with Crippen molar-refractivity contribution in [1.82, 2.24) is 4.98 Å². The Hall–Kier alpha value is -2.67. The van der Waals surface area contributed by atoms with Crippen LogP contribution in [0.2, 0.25) is 0 Å². The molecule has 1 aliphatic carbocycles. The second kappa shape index (κ2) is 15.7. The van der Waals surface area contributed by atoms with Gasteiger partial charge in [-0.3, -0.25) is 4.98 Å². The van der Waals surface area contributed by atoms with Crippen molar-refractivity contribution < 1.29 is 9.53 Å². The maximum atomic E-state index is 12.5. The first-order chi connectivity index (χ1) is 18.5. The first-order valence-electron chi connectivity index (χ1n) is 15.2. The van der Waals surface area contributed by atoms with Crippen molar-refractivity contribution in [3.05, 3.63) is 48.2 Å². The molecule has 0 saturated heterocycles. The third kappa shape index (κ3) is 9.26. The monoisotopic (exact) mass is 516 g/mol. The van der Waals surface area contributed by atoms with Gasteiger partial charge in [-0.15, -0.1) is 0 Å². The molecule has 1 aliphatic rings. The van der Waals surface area contributed by atoms with Crippen molar-refractivity contribution in [1.29, 1.82) is 5.26 Å². The Labute approximate surface area is 231 Å². The lowest BCUT2D eigenvalue weighted by Gasteiger charge is -2.28. The second-order valence-electron chi connectivity index (χ2n) is 11.6. The largest absolute Gasteiger partial charge is 0.425 e. The summed E-state index contributed by atoms with van der Waals surface area (Å²) in [5.41, 5.74) is 2.09. The van der Waals surface area contributed by atoms with Crippen LogP contribution >= 0.6 is 0 Å². The summed E-state index contributed by atoms with van der Waals surface area (Å²) in [5, 5.41) is 9.40. The zero-order valence-electron chi connectivity index (χ0n) is 24.0. The molecule has 4 heteroatoms. The maximum absolute atomic E-state index is 12.5. The van der Waals surface area contributed by atoms with Gasteiger partial charge in [-0.05, 0) is 73.9 Å². The van der Waals surface area contributed by atoms with Crippen LogP contribution in [0.4, 0.5) is 0 Å². The predicted octanol–water partition coefficient (Wildman–Crippen LogP) is 9.47. The molecule has 1 aromatic heterocycles. The Morgan fingerprint density at radius 3 is 2.18 bits per heavy atom. The van der Waals surface area contributed by atoms with Crippen LogP contribution in [0.3, 0.4) is 0 Å².